The van der Waals surface area contributed by atoms with Gasteiger partial charge in [0, 0.05) is 15.2 Å². The van der Waals surface area contributed by atoms with E-state index in [1.54, 1.807) is 11.8 Å². The summed E-state index contributed by atoms with van der Waals surface area (Å²) in [5, 5.41) is 0.871. The van der Waals surface area contributed by atoms with Crippen molar-refractivity contribution in [2.24, 2.45) is 0 Å². The number of carbonyl (C=O) groups is 1. The molecule has 33 heavy (non-hydrogen) atoms. The number of β-lactam (4-membered cyclic amide) rings is 1. The van der Waals surface area contributed by atoms with Gasteiger partial charge in [-0.1, -0.05) is 103 Å². The fourth-order valence-corrected chi connectivity index (χ4v) is 7.21. The van der Waals surface area contributed by atoms with Gasteiger partial charge < -0.3 is 0 Å². The third-order valence-corrected chi connectivity index (χ3v) is 8.52. The van der Waals surface area contributed by atoms with Gasteiger partial charge in [-0.05, 0) is 41.3 Å². The maximum absolute atomic E-state index is 13.9. The Morgan fingerprint density at radius 2 is 1.42 bits per heavy atom. The van der Waals surface area contributed by atoms with E-state index in [0.29, 0.717) is 0 Å². The van der Waals surface area contributed by atoms with Crippen molar-refractivity contribution in [1.29, 1.82) is 0 Å². The fourth-order valence-electron chi connectivity index (χ4n) is 5.47. The normalized spacial score (nSPS) is 23.8. The van der Waals surface area contributed by atoms with Crippen molar-refractivity contribution in [2.75, 3.05) is 4.90 Å². The molecule has 6 rings (SSSR count). The van der Waals surface area contributed by atoms with E-state index in [1.165, 1.54) is 0 Å². The molecular formula is C29H22ClNOS. The number of hydrogen-bond acceptors (Lipinski definition) is 2. The van der Waals surface area contributed by atoms with E-state index in [1.807, 2.05) is 54.6 Å². The lowest BCUT2D eigenvalue weighted by molar-refractivity contribution is -0.131. The Hall–Kier alpha value is -3.01. The maximum atomic E-state index is 13.9. The molecule has 0 aliphatic carbocycles. The Kier molecular flexibility index (Phi) is 5.05. The fraction of sp³-hybridized carbons (Fsp3) is 0.138. The second-order valence-electron chi connectivity index (χ2n) is 8.61. The summed E-state index contributed by atoms with van der Waals surface area (Å²) in [6, 6.07) is 37.1. The van der Waals surface area contributed by atoms with Gasteiger partial charge in [-0.25, -0.2) is 0 Å². The number of amides is 1. The number of para-hydroxylation sites is 1. The minimum atomic E-state index is -0.497. The topological polar surface area (TPSA) is 20.3 Å². The molecule has 0 aromatic heterocycles. The van der Waals surface area contributed by atoms with Crippen molar-refractivity contribution in [1.82, 2.24) is 0 Å². The number of rotatable bonds is 3. The quantitative estimate of drug-likeness (QED) is 0.289. The summed E-state index contributed by atoms with van der Waals surface area (Å²) in [6.07, 6.45) is 0.769. The third-order valence-electron chi connectivity index (χ3n) is 6.87. The first-order chi connectivity index (χ1) is 16.2. The van der Waals surface area contributed by atoms with E-state index in [-0.39, 0.29) is 17.1 Å². The zero-order valence-corrected chi connectivity index (χ0v) is 19.5. The van der Waals surface area contributed by atoms with Gasteiger partial charge in [0.05, 0.1) is 17.1 Å². The number of nitrogens with zero attached hydrogens (tertiary/aromatic N) is 1. The van der Waals surface area contributed by atoms with Gasteiger partial charge in [-0.2, -0.15) is 0 Å². The van der Waals surface area contributed by atoms with Crippen LogP contribution < -0.4 is 4.90 Å². The number of thioether (sulfide) groups is 1. The highest BCUT2D eigenvalue weighted by atomic mass is 35.5. The number of hydrogen-bond donors (Lipinski definition) is 0. The van der Waals surface area contributed by atoms with Gasteiger partial charge in [0.1, 0.15) is 0 Å². The smallest absolute Gasteiger partial charge is 0.238 e. The second kappa shape index (κ2) is 8.09. The molecule has 162 valence electrons. The first-order valence-corrected chi connectivity index (χ1v) is 12.4. The predicted octanol–water partition coefficient (Wildman–Crippen LogP) is 7.60. The van der Waals surface area contributed by atoms with Crippen LogP contribution in [-0.4, -0.2) is 5.91 Å². The second-order valence-corrected chi connectivity index (χ2v) is 10.3. The average Bonchev–Trinajstić information content (AvgIpc) is 2.98. The molecule has 4 heteroatoms. The zero-order chi connectivity index (χ0) is 22.4. The van der Waals surface area contributed by atoms with E-state index in [4.69, 9.17) is 11.6 Å². The molecule has 3 atom stereocenters. The zero-order valence-electron chi connectivity index (χ0n) is 17.9. The van der Waals surface area contributed by atoms with Crippen LogP contribution in [0.2, 0.25) is 5.02 Å². The first kappa shape index (κ1) is 20.6. The van der Waals surface area contributed by atoms with Crippen LogP contribution in [0.3, 0.4) is 0 Å². The van der Waals surface area contributed by atoms with Gasteiger partial charge >= 0.3 is 0 Å². The minimum absolute atomic E-state index is 0.101. The van der Waals surface area contributed by atoms with E-state index in [2.05, 4.69) is 59.5 Å². The lowest BCUT2D eigenvalue weighted by Crippen LogP contribution is -2.67. The number of carbonyl (C=O) groups excluding carboxylic acids is 1. The average molecular weight is 468 g/mol. The largest absolute Gasteiger partial charge is 0.299 e. The van der Waals surface area contributed by atoms with Crippen molar-refractivity contribution in [3.8, 4) is 0 Å². The lowest BCUT2D eigenvalue weighted by Gasteiger charge is -2.58. The molecule has 0 radical (unpaired) electrons. The van der Waals surface area contributed by atoms with E-state index in [0.717, 1.165) is 38.7 Å². The Balaban J connectivity index is 1.62. The van der Waals surface area contributed by atoms with Crippen LogP contribution in [0.1, 0.15) is 34.3 Å². The van der Waals surface area contributed by atoms with Crippen molar-refractivity contribution in [3.63, 3.8) is 0 Å². The monoisotopic (exact) mass is 467 g/mol. The molecule has 2 heterocycles. The van der Waals surface area contributed by atoms with E-state index in [9.17, 15) is 4.79 Å². The molecule has 0 unspecified atom stereocenters. The van der Waals surface area contributed by atoms with Crippen molar-refractivity contribution >= 4 is 35.0 Å². The summed E-state index contributed by atoms with van der Waals surface area (Å²) in [6.45, 7) is 0. The Bertz CT molecular complexity index is 1330. The predicted molar refractivity (Wildman–Crippen MR) is 136 cm³/mol. The summed E-state index contributed by atoms with van der Waals surface area (Å²) >= 11 is 8.53. The highest BCUT2D eigenvalue weighted by molar-refractivity contribution is 7.99. The molecule has 0 N–H and O–H groups in total. The third kappa shape index (κ3) is 3.14. The molecule has 2 nitrogen and oxygen atoms in total. The highest BCUT2D eigenvalue weighted by Crippen LogP contribution is 2.63. The maximum Gasteiger partial charge on any atom is 0.238 e. The lowest BCUT2D eigenvalue weighted by atomic mass is 9.63. The van der Waals surface area contributed by atoms with Gasteiger partial charge in [0.2, 0.25) is 5.91 Å². The van der Waals surface area contributed by atoms with Crippen molar-refractivity contribution in [3.05, 3.63) is 131 Å². The molecule has 1 fully saturated rings. The molecule has 2 aliphatic heterocycles. The van der Waals surface area contributed by atoms with Crippen LogP contribution in [0, 0.1) is 0 Å². The SMILES string of the molecule is O=C1[C@H](c2ccccc2)[C@@]2(c3ccccc3)C[C@H](c3ccccc3Cl)Sc3ccccc3N12. The Morgan fingerprint density at radius 3 is 2.18 bits per heavy atom. The molecule has 0 spiro atoms. The summed E-state index contributed by atoms with van der Waals surface area (Å²) in [4.78, 5) is 17.1. The number of halogens is 1. The van der Waals surface area contributed by atoms with Crippen LogP contribution in [0.15, 0.2) is 114 Å². The Labute approximate surface area is 203 Å². The standard InChI is InChI=1S/C29H22ClNOS/c30-23-16-8-7-15-22(23)26-19-29(21-13-5-2-6-14-21)27(20-11-3-1-4-12-20)28(32)31(29)24-17-9-10-18-25(24)33-26/h1-18,26-27H,19H2/t26-,27+,29+/m1/s1. The highest BCUT2D eigenvalue weighted by Gasteiger charge is 2.64. The van der Waals surface area contributed by atoms with Crippen LogP contribution >= 0.6 is 23.4 Å². The van der Waals surface area contributed by atoms with Gasteiger partial charge in [0.25, 0.3) is 0 Å². The number of benzene rings is 4. The summed E-state index contributed by atoms with van der Waals surface area (Å²) < 4.78 is 0. The van der Waals surface area contributed by atoms with Crippen molar-refractivity contribution in [2.45, 2.75) is 28.0 Å². The summed E-state index contributed by atoms with van der Waals surface area (Å²) in [7, 11) is 0. The first-order valence-electron chi connectivity index (χ1n) is 11.1. The van der Waals surface area contributed by atoms with Gasteiger partial charge in [0.15, 0.2) is 0 Å². The van der Waals surface area contributed by atoms with Crippen LogP contribution in [0.5, 0.6) is 0 Å². The van der Waals surface area contributed by atoms with Crippen molar-refractivity contribution < 1.29 is 4.79 Å². The molecule has 4 aromatic rings. The molecule has 1 saturated heterocycles. The van der Waals surface area contributed by atoms with Crippen LogP contribution in [0.4, 0.5) is 5.69 Å². The minimum Gasteiger partial charge on any atom is -0.299 e. The molecule has 4 aromatic carbocycles. The molecule has 2 aliphatic rings. The molecule has 1 amide bonds. The van der Waals surface area contributed by atoms with Gasteiger partial charge in [-0.15, -0.1) is 11.8 Å². The molecule has 0 bridgehead atoms. The van der Waals surface area contributed by atoms with E-state index >= 15 is 0 Å². The Morgan fingerprint density at radius 1 is 0.788 bits per heavy atom. The van der Waals surface area contributed by atoms with Crippen LogP contribution in [0.25, 0.3) is 0 Å². The molecular weight excluding hydrogens is 446 g/mol. The number of anilines is 1. The van der Waals surface area contributed by atoms with Crippen LogP contribution in [-0.2, 0) is 10.3 Å². The van der Waals surface area contributed by atoms with E-state index < -0.39 is 5.54 Å². The summed E-state index contributed by atoms with van der Waals surface area (Å²) in [5.74, 6) is -0.101. The summed E-state index contributed by atoms with van der Waals surface area (Å²) in [5.41, 5.74) is 3.82. The van der Waals surface area contributed by atoms with Gasteiger partial charge in [-0.3, -0.25) is 9.69 Å². The number of fused-ring (bicyclic) bond motifs is 3. The molecule has 0 saturated carbocycles.